The van der Waals surface area contributed by atoms with Crippen molar-refractivity contribution in [3.05, 3.63) is 36.0 Å². The summed E-state index contributed by atoms with van der Waals surface area (Å²) in [7, 11) is 0. The maximum absolute atomic E-state index is 13.5. The van der Waals surface area contributed by atoms with E-state index in [-0.39, 0.29) is 18.8 Å². The zero-order valence-corrected chi connectivity index (χ0v) is 24.9. The van der Waals surface area contributed by atoms with Crippen LogP contribution in [0.25, 0.3) is 10.9 Å². The van der Waals surface area contributed by atoms with Gasteiger partial charge in [0, 0.05) is 42.4 Å². The van der Waals surface area contributed by atoms with Gasteiger partial charge in [0.1, 0.15) is 23.9 Å². The number of carbonyl (C=O) groups is 4. The van der Waals surface area contributed by atoms with E-state index in [2.05, 4.69) is 15.6 Å². The number of benzene rings is 1. The van der Waals surface area contributed by atoms with Gasteiger partial charge in [0.05, 0.1) is 6.61 Å². The van der Waals surface area contributed by atoms with Gasteiger partial charge in [-0.25, -0.2) is 9.59 Å². The highest BCUT2D eigenvalue weighted by Crippen LogP contribution is 2.23. The van der Waals surface area contributed by atoms with Crippen LogP contribution in [0.15, 0.2) is 30.5 Å². The lowest BCUT2D eigenvalue weighted by Crippen LogP contribution is -2.55. The predicted molar refractivity (Wildman–Crippen MR) is 154 cm³/mol. The van der Waals surface area contributed by atoms with Gasteiger partial charge in [-0.05, 0) is 44.7 Å². The normalized spacial score (nSPS) is 18.7. The van der Waals surface area contributed by atoms with Crippen molar-refractivity contribution in [2.45, 2.75) is 91.1 Å². The molecule has 11 heteroatoms. The number of aliphatic carboxylic acids is 1. The summed E-state index contributed by atoms with van der Waals surface area (Å²) in [6, 6.07) is 5.51. The van der Waals surface area contributed by atoms with Crippen molar-refractivity contribution in [3.8, 4) is 0 Å². The number of carboxylic acid groups (broad SMARTS) is 1. The van der Waals surface area contributed by atoms with E-state index in [1.54, 1.807) is 40.8 Å². The Morgan fingerprint density at radius 1 is 1.15 bits per heavy atom. The van der Waals surface area contributed by atoms with Crippen molar-refractivity contribution in [2.24, 2.45) is 11.8 Å². The molecule has 4 N–H and O–H groups in total. The number of para-hydroxylation sites is 1. The minimum absolute atomic E-state index is 0.158. The lowest BCUT2D eigenvalue weighted by Gasteiger charge is -2.37. The number of aromatic nitrogens is 1. The summed E-state index contributed by atoms with van der Waals surface area (Å²) in [6.07, 6.45) is 2.21. The van der Waals surface area contributed by atoms with Gasteiger partial charge in [0.15, 0.2) is 0 Å². The van der Waals surface area contributed by atoms with Crippen LogP contribution in [0.2, 0.25) is 0 Å². The maximum Gasteiger partial charge on any atom is 0.412 e. The zero-order valence-electron chi connectivity index (χ0n) is 24.9. The molecule has 3 amide bonds. The van der Waals surface area contributed by atoms with Gasteiger partial charge in [-0.2, -0.15) is 0 Å². The Labute approximate surface area is 241 Å². The number of rotatable bonds is 11. The van der Waals surface area contributed by atoms with Crippen LogP contribution < -0.4 is 10.6 Å². The van der Waals surface area contributed by atoms with E-state index in [1.807, 2.05) is 31.2 Å². The Bertz CT molecular complexity index is 1220. The summed E-state index contributed by atoms with van der Waals surface area (Å²) in [5.74, 6) is -3.03. The fourth-order valence-corrected chi connectivity index (χ4v) is 4.80. The molecule has 1 aromatic carbocycles. The van der Waals surface area contributed by atoms with Gasteiger partial charge in [0.2, 0.25) is 11.8 Å². The third-order valence-electron chi connectivity index (χ3n) is 7.34. The van der Waals surface area contributed by atoms with Crippen molar-refractivity contribution in [1.29, 1.82) is 0 Å². The van der Waals surface area contributed by atoms with Crippen molar-refractivity contribution < 1.29 is 33.8 Å². The minimum atomic E-state index is -1.13. The lowest BCUT2D eigenvalue weighted by molar-refractivity contribution is -0.144. The standard InChI is InChI=1S/C30H44N4O7/c1-7-18(2)25(28(37)38)33-27(36)23(16-20-17-31-22-12-9-8-11-21(20)22)32-26(35)19(3)15-24-34(13-10-14-40-24)29(39)41-30(4,5)6/h8-9,11-12,17-19,23-25,31H,7,10,13-16H2,1-6H3,(H,32,35)(H,33,36)(H,37,38)/t18-,19?,23-,24?,25-/m0/s1. The van der Waals surface area contributed by atoms with Gasteiger partial charge in [-0.15, -0.1) is 0 Å². The third-order valence-corrected chi connectivity index (χ3v) is 7.34. The minimum Gasteiger partial charge on any atom is -0.480 e. The van der Waals surface area contributed by atoms with Crippen LogP contribution in [0.4, 0.5) is 4.79 Å². The van der Waals surface area contributed by atoms with E-state index >= 15 is 0 Å². The first-order valence-corrected chi connectivity index (χ1v) is 14.3. The first kappa shape index (κ1) is 31.9. The summed E-state index contributed by atoms with van der Waals surface area (Å²) in [4.78, 5) is 56.3. The summed E-state index contributed by atoms with van der Waals surface area (Å²) < 4.78 is 11.4. The Hall–Kier alpha value is -3.60. The van der Waals surface area contributed by atoms with Gasteiger partial charge in [-0.3, -0.25) is 14.5 Å². The predicted octanol–water partition coefficient (Wildman–Crippen LogP) is 3.82. The summed E-state index contributed by atoms with van der Waals surface area (Å²) in [5, 5.41) is 16.1. The molecule has 0 bridgehead atoms. The molecule has 41 heavy (non-hydrogen) atoms. The molecule has 11 nitrogen and oxygen atoms in total. The Balaban J connectivity index is 1.78. The highest BCUT2D eigenvalue weighted by molar-refractivity contribution is 5.92. The third kappa shape index (κ3) is 8.69. The quantitative estimate of drug-likeness (QED) is 0.320. The first-order valence-electron chi connectivity index (χ1n) is 14.3. The summed E-state index contributed by atoms with van der Waals surface area (Å²) >= 11 is 0. The molecule has 0 aliphatic carbocycles. The molecule has 2 aromatic rings. The van der Waals surface area contributed by atoms with Crippen LogP contribution in [0.5, 0.6) is 0 Å². The fourth-order valence-electron chi connectivity index (χ4n) is 4.80. The number of H-pyrrole nitrogens is 1. The SMILES string of the molecule is CC[C@H](C)[C@H](NC(=O)[C@H](Cc1c[nH]c2ccccc12)NC(=O)C(C)CC1OCCCN1C(=O)OC(C)(C)C)C(=O)O. The average Bonchev–Trinajstić information content (AvgIpc) is 3.32. The van der Waals surface area contributed by atoms with Crippen molar-refractivity contribution in [1.82, 2.24) is 20.5 Å². The maximum atomic E-state index is 13.5. The van der Waals surface area contributed by atoms with Crippen LogP contribution in [-0.4, -0.2) is 75.9 Å². The summed E-state index contributed by atoms with van der Waals surface area (Å²) in [5.41, 5.74) is 1.03. The molecule has 0 saturated carbocycles. The number of hydrogen-bond acceptors (Lipinski definition) is 6. The second kappa shape index (κ2) is 13.8. The van der Waals surface area contributed by atoms with Crippen LogP contribution in [0.1, 0.15) is 66.4 Å². The molecule has 5 atom stereocenters. The van der Waals surface area contributed by atoms with E-state index < -0.39 is 53.7 Å². The summed E-state index contributed by atoms with van der Waals surface area (Å²) in [6.45, 7) is 11.6. The van der Waals surface area contributed by atoms with Crippen molar-refractivity contribution >= 4 is 34.8 Å². The smallest absolute Gasteiger partial charge is 0.412 e. The van der Waals surface area contributed by atoms with Crippen molar-refractivity contribution in [2.75, 3.05) is 13.2 Å². The molecule has 1 aliphatic heterocycles. The topological polar surface area (TPSA) is 150 Å². The van der Waals surface area contributed by atoms with E-state index in [0.29, 0.717) is 26.0 Å². The van der Waals surface area contributed by atoms with E-state index in [0.717, 1.165) is 16.5 Å². The number of nitrogens with zero attached hydrogens (tertiary/aromatic N) is 1. The fraction of sp³-hybridized carbons (Fsp3) is 0.600. The highest BCUT2D eigenvalue weighted by Gasteiger charge is 2.35. The van der Waals surface area contributed by atoms with Gasteiger partial charge < -0.3 is 30.2 Å². The largest absolute Gasteiger partial charge is 0.480 e. The molecular weight excluding hydrogens is 528 g/mol. The second-order valence-corrected chi connectivity index (χ2v) is 11.8. The molecule has 0 spiro atoms. The number of fused-ring (bicyclic) bond motifs is 1. The molecule has 3 rings (SSSR count). The van der Waals surface area contributed by atoms with Crippen LogP contribution in [0.3, 0.4) is 0 Å². The van der Waals surface area contributed by atoms with E-state index in [9.17, 15) is 24.3 Å². The molecule has 1 fully saturated rings. The number of carboxylic acids is 1. The van der Waals surface area contributed by atoms with Gasteiger partial charge in [0.25, 0.3) is 0 Å². The van der Waals surface area contributed by atoms with Gasteiger partial charge in [-0.1, -0.05) is 45.4 Å². The van der Waals surface area contributed by atoms with Crippen LogP contribution in [-0.2, 0) is 30.3 Å². The number of aromatic amines is 1. The monoisotopic (exact) mass is 572 g/mol. The van der Waals surface area contributed by atoms with Crippen LogP contribution >= 0.6 is 0 Å². The second-order valence-electron chi connectivity index (χ2n) is 11.8. The van der Waals surface area contributed by atoms with Crippen LogP contribution in [0, 0.1) is 11.8 Å². The Morgan fingerprint density at radius 2 is 1.85 bits per heavy atom. The Morgan fingerprint density at radius 3 is 2.51 bits per heavy atom. The molecule has 2 unspecified atom stereocenters. The molecule has 226 valence electrons. The van der Waals surface area contributed by atoms with Crippen molar-refractivity contribution in [3.63, 3.8) is 0 Å². The number of amides is 3. The molecular formula is C30H44N4O7. The number of hydrogen-bond donors (Lipinski definition) is 4. The van der Waals surface area contributed by atoms with Gasteiger partial charge >= 0.3 is 12.1 Å². The average molecular weight is 573 g/mol. The Kier molecular flexibility index (Phi) is 10.8. The lowest BCUT2D eigenvalue weighted by atomic mass is 9.97. The molecule has 0 radical (unpaired) electrons. The number of nitrogens with one attached hydrogen (secondary N) is 3. The molecule has 1 aliphatic rings. The number of carbonyl (C=O) groups excluding carboxylic acids is 3. The number of ether oxygens (including phenoxy) is 2. The molecule has 1 saturated heterocycles. The highest BCUT2D eigenvalue weighted by atomic mass is 16.6. The molecule has 1 aromatic heterocycles. The first-order chi connectivity index (χ1) is 19.3. The molecule has 2 heterocycles. The zero-order chi connectivity index (χ0) is 30.3. The van der Waals surface area contributed by atoms with E-state index in [4.69, 9.17) is 9.47 Å². The van der Waals surface area contributed by atoms with E-state index in [1.165, 1.54) is 4.90 Å².